The number of nitro groups is 1. The van der Waals surface area contributed by atoms with Gasteiger partial charge in [0.2, 0.25) is 0 Å². The molecule has 0 unspecified atom stereocenters. The maximum absolute atomic E-state index is 12.6. The van der Waals surface area contributed by atoms with Crippen LogP contribution in [0.4, 0.5) is 16.2 Å². The molecule has 0 atom stereocenters. The Balaban J connectivity index is 1.40. The molecule has 3 aromatic rings. The van der Waals surface area contributed by atoms with Crippen molar-refractivity contribution >= 4 is 35.3 Å². The fourth-order valence-corrected chi connectivity index (χ4v) is 3.24. The van der Waals surface area contributed by atoms with Gasteiger partial charge in [-0.25, -0.2) is 4.79 Å². The Labute approximate surface area is 188 Å². The zero-order valence-corrected chi connectivity index (χ0v) is 17.2. The van der Waals surface area contributed by atoms with Gasteiger partial charge in [-0.2, -0.15) is 0 Å². The van der Waals surface area contributed by atoms with Gasteiger partial charge in [0, 0.05) is 23.4 Å². The smallest absolute Gasteiger partial charge is 0.322 e. The fraction of sp³-hybridized carbons (Fsp3) is 0.0417. The molecule has 1 aliphatic heterocycles. The predicted octanol–water partition coefficient (Wildman–Crippen LogP) is 3.94. The number of carbonyl (C=O) groups excluding carboxylic acids is 3. The summed E-state index contributed by atoms with van der Waals surface area (Å²) in [5.74, 6) is -0.817. The quantitative estimate of drug-likeness (QED) is 0.259. The van der Waals surface area contributed by atoms with Gasteiger partial charge < -0.3 is 10.6 Å². The molecule has 1 heterocycles. The minimum Gasteiger partial charge on any atom is -0.322 e. The van der Waals surface area contributed by atoms with Crippen LogP contribution in [0.3, 0.4) is 0 Å². The molecule has 0 spiro atoms. The average Bonchev–Trinajstić information content (AvgIpc) is 3.08. The molecule has 9 nitrogen and oxygen atoms in total. The van der Waals surface area contributed by atoms with E-state index in [2.05, 4.69) is 10.6 Å². The normalized spacial score (nSPS) is 14.3. The van der Waals surface area contributed by atoms with Crippen molar-refractivity contribution in [3.8, 4) is 0 Å². The second-order valence-corrected chi connectivity index (χ2v) is 7.25. The average molecular weight is 442 g/mol. The largest absolute Gasteiger partial charge is 0.329 e. The molecule has 0 aliphatic carbocycles. The Kier molecular flexibility index (Phi) is 5.94. The lowest BCUT2D eigenvalue weighted by Crippen LogP contribution is -2.30. The number of hydrogen-bond acceptors (Lipinski definition) is 5. The molecule has 4 amide bonds. The zero-order chi connectivity index (χ0) is 23.4. The number of amides is 4. The molecule has 0 aromatic heterocycles. The summed E-state index contributed by atoms with van der Waals surface area (Å²) < 4.78 is 0. The number of nitrogens with one attached hydrogen (secondary N) is 2. The molecule has 1 saturated heterocycles. The highest BCUT2D eigenvalue weighted by Gasteiger charge is 2.33. The number of nitrogens with zero attached hydrogens (tertiary/aromatic N) is 2. The van der Waals surface area contributed by atoms with Gasteiger partial charge in [0.05, 0.1) is 11.5 Å². The lowest BCUT2D eigenvalue weighted by Gasteiger charge is -2.12. The van der Waals surface area contributed by atoms with Gasteiger partial charge >= 0.3 is 6.03 Å². The van der Waals surface area contributed by atoms with Gasteiger partial charge in [-0.05, 0) is 41.5 Å². The first-order valence-electron chi connectivity index (χ1n) is 9.95. The fourth-order valence-electron chi connectivity index (χ4n) is 3.24. The van der Waals surface area contributed by atoms with Crippen LogP contribution >= 0.6 is 0 Å². The second-order valence-electron chi connectivity index (χ2n) is 7.25. The van der Waals surface area contributed by atoms with Crippen LogP contribution in [0.5, 0.6) is 0 Å². The number of benzene rings is 3. The molecule has 1 aliphatic rings. The van der Waals surface area contributed by atoms with E-state index >= 15 is 0 Å². The molecule has 1 fully saturated rings. The van der Waals surface area contributed by atoms with Gasteiger partial charge in [0.25, 0.3) is 17.5 Å². The summed E-state index contributed by atoms with van der Waals surface area (Å²) in [6, 6.07) is 20.7. The van der Waals surface area contributed by atoms with Crippen LogP contribution in [0.2, 0.25) is 0 Å². The van der Waals surface area contributed by atoms with E-state index < -0.39 is 22.8 Å². The minimum atomic E-state index is -0.518. The molecule has 0 radical (unpaired) electrons. The number of urea groups is 1. The monoisotopic (exact) mass is 442 g/mol. The highest BCUT2D eigenvalue weighted by atomic mass is 16.6. The van der Waals surface area contributed by atoms with Crippen LogP contribution in [0, 0.1) is 10.1 Å². The molecule has 9 heteroatoms. The third-order valence-electron chi connectivity index (χ3n) is 4.97. The van der Waals surface area contributed by atoms with E-state index in [0.29, 0.717) is 16.8 Å². The van der Waals surface area contributed by atoms with Gasteiger partial charge in [-0.1, -0.05) is 42.5 Å². The van der Waals surface area contributed by atoms with Crippen molar-refractivity contribution in [2.24, 2.45) is 0 Å². The maximum atomic E-state index is 12.6. The van der Waals surface area contributed by atoms with E-state index in [1.54, 1.807) is 30.3 Å². The van der Waals surface area contributed by atoms with Gasteiger partial charge in [0.15, 0.2) is 0 Å². The molecule has 0 saturated carbocycles. The molecule has 2 N–H and O–H groups in total. The first kappa shape index (κ1) is 21.4. The first-order valence-corrected chi connectivity index (χ1v) is 9.95. The molecule has 0 bridgehead atoms. The number of carbonyl (C=O) groups is 3. The molecule has 3 aromatic carbocycles. The zero-order valence-electron chi connectivity index (χ0n) is 17.2. The molecular formula is C24H18N4O5. The maximum Gasteiger partial charge on any atom is 0.329 e. The number of non-ortho nitro benzene ring substituents is 1. The Bertz CT molecular complexity index is 1250. The van der Waals surface area contributed by atoms with Crippen molar-refractivity contribution in [1.29, 1.82) is 0 Å². The van der Waals surface area contributed by atoms with Crippen LogP contribution in [0.1, 0.15) is 21.5 Å². The predicted molar refractivity (Wildman–Crippen MR) is 121 cm³/mol. The van der Waals surface area contributed by atoms with E-state index in [-0.39, 0.29) is 17.9 Å². The van der Waals surface area contributed by atoms with Crippen LogP contribution < -0.4 is 10.6 Å². The Morgan fingerprint density at radius 3 is 2.27 bits per heavy atom. The van der Waals surface area contributed by atoms with Crippen molar-refractivity contribution in [2.45, 2.75) is 6.54 Å². The first-order chi connectivity index (χ1) is 15.9. The van der Waals surface area contributed by atoms with Crippen molar-refractivity contribution in [1.82, 2.24) is 10.2 Å². The van der Waals surface area contributed by atoms with E-state index in [9.17, 15) is 24.5 Å². The second kappa shape index (κ2) is 9.15. The van der Waals surface area contributed by atoms with Crippen molar-refractivity contribution in [2.75, 3.05) is 5.32 Å². The summed E-state index contributed by atoms with van der Waals surface area (Å²) >= 11 is 0. The summed E-state index contributed by atoms with van der Waals surface area (Å²) in [5.41, 5.74) is 2.38. The van der Waals surface area contributed by atoms with Crippen molar-refractivity contribution in [3.63, 3.8) is 0 Å². The van der Waals surface area contributed by atoms with E-state index in [4.69, 9.17) is 0 Å². The number of anilines is 1. The van der Waals surface area contributed by atoms with E-state index in [1.165, 1.54) is 24.3 Å². The van der Waals surface area contributed by atoms with Crippen LogP contribution in [0.25, 0.3) is 6.08 Å². The lowest BCUT2D eigenvalue weighted by atomic mass is 10.1. The Hall–Kier alpha value is -4.79. The summed E-state index contributed by atoms with van der Waals surface area (Å²) in [7, 11) is 0. The highest BCUT2D eigenvalue weighted by Crippen LogP contribution is 2.19. The summed E-state index contributed by atoms with van der Waals surface area (Å²) in [5, 5.41) is 16.0. The molecule has 4 rings (SSSR count). The number of imide groups is 1. The van der Waals surface area contributed by atoms with Crippen molar-refractivity contribution < 1.29 is 19.3 Å². The van der Waals surface area contributed by atoms with Crippen LogP contribution in [-0.2, 0) is 11.3 Å². The van der Waals surface area contributed by atoms with E-state index in [0.717, 1.165) is 10.5 Å². The summed E-state index contributed by atoms with van der Waals surface area (Å²) in [4.78, 5) is 48.6. The highest BCUT2D eigenvalue weighted by molar-refractivity contribution is 6.13. The Morgan fingerprint density at radius 2 is 1.64 bits per heavy atom. The summed E-state index contributed by atoms with van der Waals surface area (Å²) in [6.45, 7) is 0.0566. The van der Waals surface area contributed by atoms with Crippen molar-refractivity contribution in [3.05, 3.63) is 111 Å². The van der Waals surface area contributed by atoms with E-state index in [1.807, 2.05) is 30.3 Å². The third-order valence-corrected chi connectivity index (χ3v) is 4.97. The Morgan fingerprint density at radius 1 is 0.970 bits per heavy atom. The summed E-state index contributed by atoms with van der Waals surface area (Å²) in [6.07, 6.45) is 1.62. The van der Waals surface area contributed by atoms with Crippen LogP contribution in [0.15, 0.2) is 84.6 Å². The molecule has 164 valence electrons. The SMILES string of the molecule is O=C(Nc1ccc([N+](=O)[O-])cc1)c1ccc(CN2C(=O)N/C(=C\c3ccccc3)C2=O)cc1. The minimum absolute atomic E-state index is 0.0566. The lowest BCUT2D eigenvalue weighted by molar-refractivity contribution is -0.384. The van der Waals surface area contributed by atoms with Gasteiger partial charge in [0.1, 0.15) is 5.70 Å². The number of hydrogen-bond donors (Lipinski definition) is 2. The topological polar surface area (TPSA) is 122 Å². The van der Waals surface area contributed by atoms with Crippen LogP contribution in [-0.4, -0.2) is 27.7 Å². The molecular weight excluding hydrogens is 424 g/mol. The molecule has 33 heavy (non-hydrogen) atoms. The number of rotatable bonds is 6. The standard InChI is InChI=1S/C24H18N4O5/c29-22(25-19-10-12-20(13-11-19)28(32)33)18-8-6-17(7-9-18)15-27-23(30)21(26-24(27)31)14-16-4-2-1-3-5-16/h1-14H,15H2,(H,25,29)(H,26,31)/b21-14-. The van der Waals surface area contributed by atoms with Gasteiger partial charge in [-0.3, -0.25) is 24.6 Å². The third kappa shape index (κ3) is 4.93. The number of nitro benzene ring substituents is 1. The van der Waals surface area contributed by atoms with Gasteiger partial charge in [-0.15, -0.1) is 0 Å².